The topological polar surface area (TPSA) is 76.4 Å². The maximum absolute atomic E-state index is 12.7. The molecule has 0 fully saturated rings. The van der Waals surface area contributed by atoms with Gasteiger partial charge in [0.1, 0.15) is 0 Å². The lowest BCUT2D eigenvalue weighted by Crippen LogP contribution is -2.20. The number of nitrogens with one attached hydrogen (secondary N) is 2. The Morgan fingerprint density at radius 1 is 1.21 bits per heavy atom. The molecule has 0 bridgehead atoms. The molecule has 0 heterocycles. The van der Waals surface area contributed by atoms with Gasteiger partial charge in [0.05, 0.1) is 29.6 Å². The third-order valence-electron chi connectivity index (χ3n) is 4.75. The van der Waals surface area contributed by atoms with Gasteiger partial charge in [-0.3, -0.25) is 5.32 Å². The highest BCUT2D eigenvalue weighted by molar-refractivity contribution is 5.90. The Morgan fingerprint density at radius 2 is 1.93 bits per heavy atom. The molecule has 1 unspecified atom stereocenters. The summed E-state index contributed by atoms with van der Waals surface area (Å²) in [5.74, 6) is 0. The summed E-state index contributed by atoms with van der Waals surface area (Å²) in [7, 11) is 0. The molecule has 0 aromatic heterocycles. The van der Waals surface area contributed by atoms with Crippen molar-refractivity contribution in [3.8, 4) is 0 Å². The van der Waals surface area contributed by atoms with E-state index >= 15 is 0 Å². The molecule has 4 N–H and O–H groups in total. The Kier molecular flexibility index (Phi) is 5.67. The normalized spacial score (nSPS) is 16.2. The quantitative estimate of drug-likeness (QED) is 0.613. The first kappa shape index (κ1) is 19.9. The molecule has 5 nitrogen and oxygen atoms in total. The zero-order chi connectivity index (χ0) is 20.3. The molecule has 1 amide bonds. The van der Waals surface area contributed by atoms with Gasteiger partial charge in [0.25, 0.3) is 0 Å². The SMILES string of the molecule is CCOC(=O)Nc1ccc2c(c1N)CCCC2Nc1ccc(C(F)(F)F)cc1. The van der Waals surface area contributed by atoms with Crippen molar-refractivity contribution < 1.29 is 22.7 Å². The fraction of sp³-hybridized carbons (Fsp3) is 0.350. The van der Waals surface area contributed by atoms with Crippen molar-refractivity contribution in [2.75, 3.05) is 23.0 Å². The summed E-state index contributed by atoms with van der Waals surface area (Å²) in [6, 6.07) is 8.51. The minimum atomic E-state index is -4.35. The zero-order valence-electron chi connectivity index (χ0n) is 15.4. The van der Waals surface area contributed by atoms with E-state index < -0.39 is 17.8 Å². The molecule has 0 saturated heterocycles. The first-order chi connectivity index (χ1) is 13.3. The number of ether oxygens (including phenoxy) is 1. The van der Waals surface area contributed by atoms with Crippen LogP contribution in [0, 0.1) is 0 Å². The minimum absolute atomic E-state index is 0.0700. The maximum atomic E-state index is 12.7. The molecule has 0 spiro atoms. The van der Waals surface area contributed by atoms with E-state index in [0.29, 0.717) is 17.1 Å². The van der Waals surface area contributed by atoms with Crippen LogP contribution in [0.3, 0.4) is 0 Å². The van der Waals surface area contributed by atoms with Gasteiger partial charge in [-0.05, 0) is 67.6 Å². The number of carbonyl (C=O) groups is 1. The number of halogens is 3. The van der Waals surface area contributed by atoms with Gasteiger partial charge in [0.2, 0.25) is 0 Å². The molecule has 1 atom stereocenters. The number of rotatable bonds is 4. The number of alkyl halides is 3. The number of anilines is 3. The van der Waals surface area contributed by atoms with Gasteiger partial charge in [0.15, 0.2) is 0 Å². The Hall–Kier alpha value is -2.90. The van der Waals surface area contributed by atoms with Crippen LogP contribution in [0.5, 0.6) is 0 Å². The molecule has 2 aromatic carbocycles. The van der Waals surface area contributed by atoms with Crippen LogP contribution < -0.4 is 16.4 Å². The van der Waals surface area contributed by atoms with Crippen LogP contribution in [-0.2, 0) is 17.3 Å². The van der Waals surface area contributed by atoms with Crippen molar-refractivity contribution in [2.24, 2.45) is 0 Å². The number of nitrogens with two attached hydrogens (primary N) is 1. The van der Waals surface area contributed by atoms with Crippen LogP contribution in [0.15, 0.2) is 36.4 Å². The van der Waals surface area contributed by atoms with Gasteiger partial charge in [-0.1, -0.05) is 6.07 Å². The van der Waals surface area contributed by atoms with Crippen LogP contribution >= 0.6 is 0 Å². The number of hydrogen-bond donors (Lipinski definition) is 3. The minimum Gasteiger partial charge on any atom is -0.450 e. The molecule has 150 valence electrons. The van der Waals surface area contributed by atoms with Crippen molar-refractivity contribution >= 4 is 23.2 Å². The number of benzene rings is 2. The summed E-state index contributed by atoms with van der Waals surface area (Å²) in [5.41, 5.74) is 9.08. The second-order valence-electron chi connectivity index (χ2n) is 6.60. The van der Waals surface area contributed by atoms with Gasteiger partial charge in [-0.15, -0.1) is 0 Å². The van der Waals surface area contributed by atoms with Gasteiger partial charge in [0, 0.05) is 5.69 Å². The van der Waals surface area contributed by atoms with Gasteiger partial charge >= 0.3 is 12.3 Å². The summed E-state index contributed by atoms with van der Waals surface area (Å²) in [4.78, 5) is 11.7. The second kappa shape index (κ2) is 8.00. The van der Waals surface area contributed by atoms with Crippen molar-refractivity contribution in [3.63, 3.8) is 0 Å². The molecular formula is C20H22F3N3O2. The third kappa shape index (κ3) is 4.32. The number of fused-ring (bicyclic) bond motifs is 1. The van der Waals surface area contributed by atoms with E-state index in [1.54, 1.807) is 13.0 Å². The van der Waals surface area contributed by atoms with Crippen molar-refractivity contribution in [2.45, 2.75) is 38.4 Å². The highest BCUT2D eigenvalue weighted by atomic mass is 19.4. The molecule has 0 saturated carbocycles. The van der Waals surface area contributed by atoms with Gasteiger partial charge in [-0.2, -0.15) is 13.2 Å². The van der Waals surface area contributed by atoms with Crippen molar-refractivity contribution in [1.29, 1.82) is 0 Å². The summed E-state index contributed by atoms with van der Waals surface area (Å²) in [6.07, 6.45) is -2.45. The second-order valence-corrected chi connectivity index (χ2v) is 6.60. The highest BCUT2D eigenvalue weighted by Gasteiger charge is 2.30. The Balaban J connectivity index is 1.80. The maximum Gasteiger partial charge on any atom is 0.416 e. The Morgan fingerprint density at radius 3 is 2.57 bits per heavy atom. The summed E-state index contributed by atoms with van der Waals surface area (Å²) >= 11 is 0. The molecule has 28 heavy (non-hydrogen) atoms. The van der Waals surface area contributed by atoms with E-state index in [2.05, 4.69) is 10.6 Å². The fourth-order valence-corrected chi connectivity index (χ4v) is 3.42. The van der Waals surface area contributed by atoms with Crippen molar-refractivity contribution in [1.82, 2.24) is 0 Å². The average Bonchev–Trinajstić information content (AvgIpc) is 2.64. The van der Waals surface area contributed by atoms with Crippen LogP contribution in [0.2, 0.25) is 0 Å². The number of hydrogen-bond acceptors (Lipinski definition) is 4. The molecule has 0 radical (unpaired) electrons. The third-order valence-corrected chi connectivity index (χ3v) is 4.75. The lowest BCUT2D eigenvalue weighted by atomic mass is 9.86. The van der Waals surface area contributed by atoms with Crippen LogP contribution in [0.1, 0.15) is 42.5 Å². The number of carbonyl (C=O) groups excluding carboxylic acids is 1. The molecule has 1 aliphatic rings. The summed E-state index contributed by atoms with van der Waals surface area (Å²) in [6.45, 7) is 1.98. The summed E-state index contributed by atoms with van der Waals surface area (Å²) < 4.78 is 43.1. The molecular weight excluding hydrogens is 371 g/mol. The largest absolute Gasteiger partial charge is 0.450 e. The van der Waals surface area contributed by atoms with Crippen LogP contribution in [-0.4, -0.2) is 12.7 Å². The van der Waals surface area contributed by atoms with Crippen LogP contribution in [0.4, 0.5) is 35.0 Å². The van der Waals surface area contributed by atoms with Gasteiger partial charge in [-0.25, -0.2) is 4.79 Å². The van der Waals surface area contributed by atoms with E-state index in [-0.39, 0.29) is 12.6 Å². The average molecular weight is 393 g/mol. The van der Waals surface area contributed by atoms with E-state index in [9.17, 15) is 18.0 Å². The van der Waals surface area contributed by atoms with Crippen LogP contribution in [0.25, 0.3) is 0 Å². The highest BCUT2D eigenvalue weighted by Crippen LogP contribution is 2.39. The lowest BCUT2D eigenvalue weighted by Gasteiger charge is -2.29. The van der Waals surface area contributed by atoms with E-state index in [1.807, 2.05) is 6.07 Å². The lowest BCUT2D eigenvalue weighted by molar-refractivity contribution is -0.137. The number of amides is 1. The first-order valence-corrected chi connectivity index (χ1v) is 9.08. The van der Waals surface area contributed by atoms with Gasteiger partial charge < -0.3 is 15.8 Å². The predicted molar refractivity (Wildman–Crippen MR) is 102 cm³/mol. The zero-order valence-corrected chi connectivity index (χ0v) is 15.4. The monoisotopic (exact) mass is 393 g/mol. The fourth-order valence-electron chi connectivity index (χ4n) is 3.42. The molecule has 1 aliphatic carbocycles. The Labute approximate surface area is 161 Å². The molecule has 2 aromatic rings. The van der Waals surface area contributed by atoms with E-state index in [0.717, 1.165) is 42.5 Å². The predicted octanol–water partition coefficient (Wildman–Crippen LogP) is 5.35. The molecule has 3 rings (SSSR count). The Bertz CT molecular complexity index is 851. The molecule has 8 heteroatoms. The smallest absolute Gasteiger partial charge is 0.416 e. The first-order valence-electron chi connectivity index (χ1n) is 9.08. The number of nitrogen functional groups attached to an aromatic ring is 1. The summed E-state index contributed by atoms with van der Waals surface area (Å²) in [5, 5.41) is 5.92. The van der Waals surface area contributed by atoms with E-state index in [4.69, 9.17) is 10.5 Å². The molecule has 0 aliphatic heterocycles. The van der Waals surface area contributed by atoms with Crippen molar-refractivity contribution in [3.05, 3.63) is 53.1 Å². The standard InChI is InChI=1S/C20H22F3N3O2/c1-2-28-19(27)26-17-11-10-14-15(18(17)24)4-3-5-16(14)25-13-8-6-12(7-9-13)20(21,22)23/h6-11,16,25H,2-5,24H2,1H3,(H,26,27). The van der Waals surface area contributed by atoms with E-state index in [1.165, 1.54) is 12.1 Å².